The molecule has 1 aromatic heterocycles. The summed E-state index contributed by atoms with van der Waals surface area (Å²) in [4.78, 5) is 23.6. The van der Waals surface area contributed by atoms with Crippen LogP contribution in [0.25, 0.3) is 0 Å². The van der Waals surface area contributed by atoms with Gasteiger partial charge >= 0.3 is 5.69 Å². The Balaban J connectivity index is 3.66. The van der Waals surface area contributed by atoms with Crippen LogP contribution in [0.15, 0.2) is 20.3 Å². The Morgan fingerprint density at radius 2 is 2.20 bits per heavy atom. The van der Waals surface area contributed by atoms with Gasteiger partial charge in [0.2, 0.25) is 0 Å². The molecule has 0 spiro atoms. The Kier molecular flexibility index (Phi) is 1.62. The van der Waals surface area contributed by atoms with Gasteiger partial charge in [-0.2, -0.15) is 4.68 Å². The van der Waals surface area contributed by atoms with Crippen LogP contribution in [-0.2, 0) is 0 Å². The standard InChI is InChI=1S/C4H4BrN3O2/c5-2-1-7-4(10)8(6)3(2)9/h1H,6H2,(H,7,10). The summed E-state index contributed by atoms with van der Waals surface area (Å²) < 4.78 is 0.721. The molecule has 0 fully saturated rings. The largest absolute Gasteiger partial charge is 0.347 e. The second-order valence-corrected chi connectivity index (χ2v) is 2.47. The van der Waals surface area contributed by atoms with Crippen molar-refractivity contribution < 1.29 is 0 Å². The first-order chi connectivity index (χ1) is 4.63. The summed E-state index contributed by atoms with van der Waals surface area (Å²) in [6.45, 7) is 0. The first-order valence-electron chi connectivity index (χ1n) is 2.38. The average Bonchev–Trinajstić information content (AvgIpc) is 1.93. The first kappa shape index (κ1) is 7.07. The molecule has 1 heterocycles. The topological polar surface area (TPSA) is 80.9 Å². The molecular weight excluding hydrogens is 202 g/mol. The molecule has 0 radical (unpaired) electrons. The van der Waals surface area contributed by atoms with E-state index in [1.54, 1.807) is 0 Å². The Labute approximate surface area is 63.6 Å². The van der Waals surface area contributed by atoms with Crippen molar-refractivity contribution in [3.8, 4) is 0 Å². The van der Waals surface area contributed by atoms with Crippen LogP contribution in [0.3, 0.4) is 0 Å². The van der Waals surface area contributed by atoms with E-state index in [0.717, 1.165) is 0 Å². The van der Waals surface area contributed by atoms with Crippen LogP contribution >= 0.6 is 15.9 Å². The highest BCUT2D eigenvalue weighted by Gasteiger charge is 1.98. The number of aromatic nitrogens is 2. The number of nitrogens with one attached hydrogen (secondary N) is 1. The van der Waals surface area contributed by atoms with Gasteiger partial charge < -0.3 is 10.8 Å². The van der Waals surface area contributed by atoms with E-state index in [4.69, 9.17) is 5.84 Å². The lowest BCUT2D eigenvalue weighted by atomic mass is 10.7. The molecule has 0 aliphatic carbocycles. The SMILES string of the molecule is Nn1c(=O)[nH]cc(Br)c1=O. The fourth-order valence-corrected chi connectivity index (χ4v) is 0.769. The summed E-state index contributed by atoms with van der Waals surface area (Å²) in [6, 6.07) is 0. The summed E-state index contributed by atoms with van der Waals surface area (Å²) in [6.07, 6.45) is 1.24. The summed E-state index contributed by atoms with van der Waals surface area (Å²) in [5.41, 5.74) is -1.18. The number of nitrogen functional groups attached to an aromatic ring is 1. The number of halogens is 1. The smallest absolute Gasteiger partial charge is 0.332 e. The van der Waals surface area contributed by atoms with E-state index < -0.39 is 11.2 Å². The van der Waals surface area contributed by atoms with Crippen LogP contribution in [0.5, 0.6) is 0 Å². The monoisotopic (exact) mass is 205 g/mol. The molecule has 1 rings (SSSR count). The molecule has 0 bridgehead atoms. The number of nitrogens with two attached hydrogens (primary N) is 1. The van der Waals surface area contributed by atoms with E-state index in [1.165, 1.54) is 6.20 Å². The van der Waals surface area contributed by atoms with Crippen molar-refractivity contribution in [3.63, 3.8) is 0 Å². The molecule has 3 N–H and O–H groups in total. The first-order valence-corrected chi connectivity index (χ1v) is 3.17. The van der Waals surface area contributed by atoms with Gasteiger partial charge in [-0.05, 0) is 15.9 Å². The molecule has 0 aromatic carbocycles. The van der Waals surface area contributed by atoms with Gasteiger partial charge in [0.15, 0.2) is 0 Å². The lowest BCUT2D eigenvalue weighted by Crippen LogP contribution is -2.40. The average molecular weight is 206 g/mol. The molecule has 6 heteroatoms. The maximum absolute atomic E-state index is 10.8. The zero-order chi connectivity index (χ0) is 7.72. The normalized spacial score (nSPS) is 9.70. The summed E-state index contributed by atoms with van der Waals surface area (Å²) >= 11 is 2.90. The summed E-state index contributed by atoms with van der Waals surface area (Å²) in [7, 11) is 0. The van der Waals surface area contributed by atoms with Gasteiger partial charge in [0, 0.05) is 6.20 Å². The fourth-order valence-electron chi connectivity index (χ4n) is 0.464. The minimum atomic E-state index is -0.631. The molecule has 0 unspecified atom stereocenters. The number of hydrogen-bond acceptors (Lipinski definition) is 3. The predicted molar refractivity (Wildman–Crippen MR) is 39.2 cm³/mol. The number of H-pyrrole nitrogens is 1. The van der Waals surface area contributed by atoms with Gasteiger partial charge in [-0.15, -0.1) is 0 Å². The molecular formula is C4H4BrN3O2. The highest BCUT2D eigenvalue weighted by atomic mass is 79.9. The van der Waals surface area contributed by atoms with Crippen LogP contribution in [0.2, 0.25) is 0 Å². The molecule has 1 aromatic rings. The third-order valence-electron chi connectivity index (χ3n) is 0.964. The molecule has 0 atom stereocenters. The maximum Gasteiger partial charge on any atom is 0.347 e. The van der Waals surface area contributed by atoms with Crippen molar-refractivity contribution in [2.75, 3.05) is 5.84 Å². The highest BCUT2D eigenvalue weighted by Crippen LogP contribution is 1.94. The van der Waals surface area contributed by atoms with Crippen LogP contribution in [-0.4, -0.2) is 9.66 Å². The minimum absolute atomic E-state index is 0.231. The molecule has 0 aliphatic heterocycles. The van der Waals surface area contributed by atoms with E-state index in [1.807, 2.05) is 0 Å². The van der Waals surface area contributed by atoms with Gasteiger partial charge in [-0.3, -0.25) is 4.79 Å². The van der Waals surface area contributed by atoms with Gasteiger partial charge in [0.05, 0.1) is 0 Å². The van der Waals surface area contributed by atoms with Gasteiger partial charge in [0.1, 0.15) is 4.47 Å². The third-order valence-corrected chi connectivity index (χ3v) is 1.53. The molecule has 0 amide bonds. The van der Waals surface area contributed by atoms with Crippen molar-refractivity contribution in [1.29, 1.82) is 0 Å². The Bertz CT molecular complexity index is 352. The zero-order valence-electron chi connectivity index (χ0n) is 4.80. The van der Waals surface area contributed by atoms with E-state index >= 15 is 0 Å². The highest BCUT2D eigenvalue weighted by molar-refractivity contribution is 9.10. The molecule has 0 saturated carbocycles. The number of hydrogen-bond donors (Lipinski definition) is 2. The van der Waals surface area contributed by atoms with Crippen LogP contribution in [0.4, 0.5) is 0 Å². The zero-order valence-corrected chi connectivity index (χ0v) is 6.38. The number of nitrogens with zero attached hydrogens (tertiary/aromatic N) is 1. The summed E-state index contributed by atoms with van der Waals surface area (Å²) in [5.74, 6) is 5.01. The Hall–Kier alpha value is -1.04. The second-order valence-electron chi connectivity index (χ2n) is 1.62. The van der Waals surface area contributed by atoms with Crippen LogP contribution in [0, 0.1) is 0 Å². The third kappa shape index (κ3) is 0.971. The fraction of sp³-hybridized carbons (Fsp3) is 0. The van der Waals surface area contributed by atoms with Crippen molar-refractivity contribution in [2.45, 2.75) is 0 Å². The Morgan fingerprint density at radius 3 is 2.70 bits per heavy atom. The second kappa shape index (κ2) is 2.30. The molecule has 0 saturated heterocycles. The van der Waals surface area contributed by atoms with Crippen molar-refractivity contribution in [3.05, 3.63) is 31.5 Å². The van der Waals surface area contributed by atoms with E-state index in [2.05, 4.69) is 20.9 Å². The van der Waals surface area contributed by atoms with Crippen LogP contribution in [0.1, 0.15) is 0 Å². The quantitative estimate of drug-likeness (QED) is 0.535. The van der Waals surface area contributed by atoms with Gasteiger partial charge in [0.25, 0.3) is 5.56 Å². The molecule has 54 valence electrons. The van der Waals surface area contributed by atoms with Crippen molar-refractivity contribution in [1.82, 2.24) is 9.66 Å². The minimum Gasteiger partial charge on any atom is -0.332 e. The number of aromatic amines is 1. The van der Waals surface area contributed by atoms with Crippen molar-refractivity contribution in [2.24, 2.45) is 0 Å². The van der Waals surface area contributed by atoms with Gasteiger partial charge in [-0.25, -0.2) is 4.79 Å². The molecule has 0 aliphatic rings. The predicted octanol–water partition coefficient (Wildman–Crippen LogP) is -0.987. The molecule has 10 heavy (non-hydrogen) atoms. The maximum atomic E-state index is 10.8. The lowest BCUT2D eigenvalue weighted by Gasteiger charge is -1.93. The Morgan fingerprint density at radius 1 is 1.60 bits per heavy atom. The van der Waals surface area contributed by atoms with Crippen LogP contribution < -0.4 is 17.1 Å². The van der Waals surface area contributed by atoms with E-state index in [-0.39, 0.29) is 4.47 Å². The summed E-state index contributed by atoms with van der Waals surface area (Å²) in [5, 5.41) is 0. The van der Waals surface area contributed by atoms with E-state index in [9.17, 15) is 9.59 Å². The lowest BCUT2D eigenvalue weighted by molar-refractivity contribution is 0.825. The molecule has 5 nitrogen and oxygen atoms in total. The van der Waals surface area contributed by atoms with E-state index in [0.29, 0.717) is 4.68 Å². The number of rotatable bonds is 0. The van der Waals surface area contributed by atoms with Crippen molar-refractivity contribution >= 4 is 15.9 Å². The van der Waals surface area contributed by atoms with Gasteiger partial charge in [-0.1, -0.05) is 0 Å².